The second-order valence-corrected chi connectivity index (χ2v) is 6.95. The Balaban J connectivity index is 3.16. The summed E-state index contributed by atoms with van der Waals surface area (Å²) in [5.41, 5.74) is 2.52. The van der Waals surface area contributed by atoms with Gasteiger partial charge in [0, 0.05) is 56.9 Å². The van der Waals surface area contributed by atoms with Gasteiger partial charge < -0.3 is 30.4 Å². The van der Waals surface area contributed by atoms with Gasteiger partial charge in [-0.2, -0.15) is 0 Å². The lowest BCUT2D eigenvalue weighted by Crippen LogP contribution is -2.30. The Morgan fingerprint density at radius 3 is 1.33 bits per heavy atom. The maximum absolute atomic E-state index is 10.8. The highest BCUT2D eigenvalue weighted by Gasteiger charge is 2.16. The maximum Gasteiger partial charge on any atom is 0.124 e. The summed E-state index contributed by atoms with van der Waals surface area (Å²) in [6.45, 7) is 3.10. The van der Waals surface area contributed by atoms with Crippen LogP contribution < -0.4 is 0 Å². The fourth-order valence-corrected chi connectivity index (χ4v) is 3.12. The van der Waals surface area contributed by atoms with E-state index in [4.69, 9.17) is 0 Å². The van der Waals surface area contributed by atoms with Gasteiger partial charge in [-0.1, -0.05) is 0 Å². The third-order valence-corrected chi connectivity index (χ3v) is 4.28. The molecule has 156 valence electrons. The van der Waals surface area contributed by atoms with Gasteiger partial charge in [-0.05, 0) is 31.8 Å². The van der Waals surface area contributed by atoms with Crippen molar-refractivity contribution in [2.45, 2.75) is 19.6 Å². The molecule has 1 aromatic carbocycles. The van der Waals surface area contributed by atoms with Gasteiger partial charge in [-0.3, -0.25) is 9.80 Å². The number of phenols is 1. The van der Waals surface area contributed by atoms with E-state index in [1.807, 2.05) is 40.9 Å². The lowest BCUT2D eigenvalue weighted by atomic mass is 10.0. The van der Waals surface area contributed by atoms with Crippen LogP contribution in [0.5, 0.6) is 5.75 Å². The minimum absolute atomic E-state index is 0.0220. The highest BCUT2D eigenvalue weighted by Crippen LogP contribution is 2.28. The van der Waals surface area contributed by atoms with Crippen LogP contribution in [0, 0.1) is 0 Å². The molecule has 0 aliphatic rings. The Labute approximate surface area is 161 Å². The first-order valence-electron chi connectivity index (χ1n) is 9.31. The highest BCUT2D eigenvalue weighted by molar-refractivity contribution is 5.44. The van der Waals surface area contributed by atoms with E-state index in [1.165, 1.54) is 0 Å². The van der Waals surface area contributed by atoms with Crippen LogP contribution in [0.2, 0.25) is 0 Å². The molecule has 8 nitrogen and oxygen atoms in total. The number of aromatic hydroxyl groups is 1. The molecule has 0 bridgehead atoms. The van der Waals surface area contributed by atoms with Gasteiger partial charge in [-0.25, -0.2) is 0 Å². The summed E-state index contributed by atoms with van der Waals surface area (Å²) in [5.74, 6) is 0.180. The molecule has 0 atom stereocenters. The predicted molar refractivity (Wildman–Crippen MR) is 104 cm³/mol. The standard InChI is InChI=1S/C19H35N3O5/c1-20(2)13-16-11-17(14-21(3-7-23)4-8-24)19(27)18(12-16)15-22(5-9-25)6-10-26/h11-12,23-27H,3-10,13-15H2,1-2H3. The Kier molecular flexibility index (Phi) is 11.5. The minimum Gasteiger partial charge on any atom is -0.507 e. The second kappa shape index (κ2) is 13.0. The molecule has 0 aromatic heterocycles. The van der Waals surface area contributed by atoms with Gasteiger partial charge >= 0.3 is 0 Å². The van der Waals surface area contributed by atoms with Crippen molar-refractivity contribution in [2.24, 2.45) is 0 Å². The fraction of sp³-hybridized carbons (Fsp3) is 0.684. The average Bonchev–Trinajstić information content (AvgIpc) is 2.59. The molecule has 0 saturated carbocycles. The van der Waals surface area contributed by atoms with Crippen molar-refractivity contribution in [1.82, 2.24) is 14.7 Å². The van der Waals surface area contributed by atoms with Crippen LogP contribution in [-0.2, 0) is 19.6 Å². The first kappa shape index (κ1) is 23.8. The van der Waals surface area contributed by atoms with Crippen molar-refractivity contribution >= 4 is 0 Å². The van der Waals surface area contributed by atoms with Gasteiger partial charge in [0.25, 0.3) is 0 Å². The van der Waals surface area contributed by atoms with Gasteiger partial charge in [-0.15, -0.1) is 0 Å². The third kappa shape index (κ3) is 8.52. The number of benzene rings is 1. The molecule has 0 fully saturated rings. The normalized spacial score (nSPS) is 11.9. The Bertz CT molecular complexity index is 491. The van der Waals surface area contributed by atoms with E-state index in [0.717, 1.165) is 16.7 Å². The smallest absolute Gasteiger partial charge is 0.124 e. The molecule has 0 aliphatic heterocycles. The molecule has 0 saturated heterocycles. The van der Waals surface area contributed by atoms with Crippen LogP contribution in [0.3, 0.4) is 0 Å². The fourth-order valence-electron chi connectivity index (χ4n) is 3.12. The summed E-state index contributed by atoms with van der Waals surface area (Å²) in [6, 6.07) is 3.89. The van der Waals surface area contributed by atoms with Crippen LogP contribution >= 0.6 is 0 Å². The van der Waals surface area contributed by atoms with Crippen LogP contribution in [-0.4, -0.2) is 107 Å². The largest absolute Gasteiger partial charge is 0.507 e. The van der Waals surface area contributed by atoms with Crippen molar-refractivity contribution in [3.63, 3.8) is 0 Å². The Morgan fingerprint density at radius 1 is 0.667 bits per heavy atom. The van der Waals surface area contributed by atoms with E-state index in [1.54, 1.807) is 0 Å². The second-order valence-electron chi connectivity index (χ2n) is 6.95. The predicted octanol–water partition coefficient (Wildman–Crippen LogP) is -0.973. The third-order valence-electron chi connectivity index (χ3n) is 4.28. The van der Waals surface area contributed by atoms with Crippen molar-refractivity contribution < 1.29 is 25.5 Å². The number of aliphatic hydroxyl groups is 4. The summed E-state index contributed by atoms with van der Waals surface area (Å²) in [7, 11) is 3.94. The Hall–Kier alpha value is -1.26. The number of hydrogen-bond acceptors (Lipinski definition) is 8. The monoisotopic (exact) mass is 385 g/mol. The first-order valence-corrected chi connectivity index (χ1v) is 9.31. The summed E-state index contributed by atoms with van der Waals surface area (Å²) in [4.78, 5) is 5.81. The molecule has 0 heterocycles. The summed E-state index contributed by atoms with van der Waals surface area (Å²) in [5, 5.41) is 47.7. The van der Waals surface area contributed by atoms with E-state index in [-0.39, 0.29) is 32.2 Å². The number of nitrogens with zero attached hydrogens (tertiary/aromatic N) is 3. The van der Waals surface area contributed by atoms with Crippen molar-refractivity contribution in [3.8, 4) is 5.75 Å². The topological polar surface area (TPSA) is 111 Å². The van der Waals surface area contributed by atoms with Crippen LogP contribution in [0.4, 0.5) is 0 Å². The van der Waals surface area contributed by atoms with Crippen molar-refractivity contribution in [2.75, 3.05) is 66.7 Å². The van der Waals surface area contributed by atoms with Gasteiger partial charge in [0.15, 0.2) is 0 Å². The number of phenolic OH excluding ortho intramolecular Hbond substituents is 1. The lowest BCUT2D eigenvalue weighted by molar-refractivity contribution is 0.152. The van der Waals surface area contributed by atoms with Crippen LogP contribution in [0.1, 0.15) is 16.7 Å². The van der Waals surface area contributed by atoms with Gasteiger partial charge in [0.2, 0.25) is 0 Å². The molecule has 1 aromatic rings. The summed E-state index contributed by atoms with van der Waals surface area (Å²) in [6.07, 6.45) is 0. The average molecular weight is 386 g/mol. The zero-order chi connectivity index (χ0) is 20.2. The molecule has 0 radical (unpaired) electrons. The first-order chi connectivity index (χ1) is 12.9. The molecule has 0 unspecified atom stereocenters. The van der Waals surface area contributed by atoms with Crippen LogP contribution in [0.25, 0.3) is 0 Å². The van der Waals surface area contributed by atoms with Crippen molar-refractivity contribution in [3.05, 3.63) is 28.8 Å². The van der Waals surface area contributed by atoms with E-state index >= 15 is 0 Å². The van der Waals surface area contributed by atoms with E-state index in [9.17, 15) is 25.5 Å². The molecule has 5 N–H and O–H groups in total. The SMILES string of the molecule is CN(C)Cc1cc(CN(CCO)CCO)c(O)c(CN(CCO)CCO)c1. The molecule has 0 spiro atoms. The number of rotatable bonds is 14. The molecule has 1 rings (SSSR count). The van der Waals surface area contributed by atoms with Crippen LogP contribution in [0.15, 0.2) is 12.1 Å². The zero-order valence-corrected chi connectivity index (χ0v) is 16.5. The zero-order valence-electron chi connectivity index (χ0n) is 16.5. The van der Waals surface area contributed by atoms with E-state index in [0.29, 0.717) is 45.8 Å². The highest BCUT2D eigenvalue weighted by atomic mass is 16.3. The summed E-state index contributed by atoms with van der Waals surface area (Å²) >= 11 is 0. The quantitative estimate of drug-likeness (QED) is 0.278. The number of aliphatic hydroxyl groups excluding tert-OH is 4. The molecular formula is C19H35N3O5. The molecule has 0 amide bonds. The maximum atomic E-state index is 10.8. The van der Waals surface area contributed by atoms with Gasteiger partial charge in [0.05, 0.1) is 26.4 Å². The van der Waals surface area contributed by atoms with E-state index in [2.05, 4.69) is 0 Å². The van der Waals surface area contributed by atoms with Gasteiger partial charge in [0.1, 0.15) is 5.75 Å². The number of hydrogen-bond donors (Lipinski definition) is 5. The molecule has 0 aliphatic carbocycles. The Morgan fingerprint density at radius 2 is 1.04 bits per heavy atom. The molecule has 8 heteroatoms. The minimum atomic E-state index is -0.0220. The van der Waals surface area contributed by atoms with Crippen molar-refractivity contribution in [1.29, 1.82) is 0 Å². The molecule has 27 heavy (non-hydrogen) atoms. The summed E-state index contributed by atoms with van der Waals surface area (Å²) < 4.78 is 0. The van der Waals surface area contributed by atoms with E-state index < -0.39 is 0 Å². The lowest BCUT2D eigenvalue weighted by Gasteiger charge is -2.25. The molecular weight excluding hydrogens is 350 g/mol.